The third-order valence-electron chi connectivity index (χ3n) is 13.5. The number of aliphatic hydroxyl groups is 7. The van der Waals surface area contributed by atoms with Gasteiger partial charge in [-0.3, -0.25) is 13.8 Å². The minimum absolute atomic E-state index is 0.254. The Morgan fingerprint density at radius 3 is 1.30 bits per heavy atom. The number of phosphoric ester groups is 1. The second-order valence-corrected chi connectivity index (χ2v) is 21.4. The van der Waals surface area contributed by atoms with Gasteiger partial charge in [0.1, 0.15) is 36.6 Å². The van der Waals surface area contributed by atoms with Crippen LogP contribution in [0.5, 0.6) is 0 Å². The van der Waals surface area contributed by atoms with Crippen LogP contribution in [-0.4, -0.2) is 108 Å². The van der Waals surface area contributed by atoms with Gasteiger partial charge in [0.2, 0.25) is 5.91 Å². The minimum atomic E-state index is -5.15. The monoisotopic (exact) mass is 1000 g/mol. The van der Waals surface area contributed by atoms with Crippen LogP contribution in [0.3, 0.4) is 0 Å². The maximum atomic E-state index is 13.1. The summed E-state index contributed by atoms with van der Waals surface area (Å²) in [6, 6.07) is -1.25. The second-order valence-electron chi connectivity index (χ2n) is 20.0. The molecule has 0 aromatic rings. The van der Waals surface area contributed by atoms with Crippen LogP contribution in [0.1, 0.15) is 245 Å². The van der Waals surface area contributed by atoms with E-state index in [1.165, 1.54) is 154 Å². The lowest BCUT2D eigenvalue weighted by Gasteiger charge is -2.41. The van der Waals surface area contributed by atoms with E-state index >= 15 is 0 Å². The van der Waals surface area contributed by atoms with Crippen molar-refractivity contribution in [1.29, 1.82) is 0 Å². The number of rotatable bonds is 47. The lowest BCUT2D eigenvalue weighted by molar-refractivity contribution is -0.220. The topological polar surface area (TPSA) is 226 Å². The lowest BCUT2D eigenvalue weighted by Crippen LogP contribution is -2.64. The largest absolute Gasteiger partial charge is 0.472 e. The molecule has 1 aliphatic carbocycles. The third kappa shape index (κ3) is 35.3. The average molecular weight is 1000 g/mol. The Bertz CT molecular complexity index is 1320. The van der Waals surface area contributed by atoms with Crippen molar-refractivity contribution in [3.8, 4) is 0 Å². The van der Waals surface area contributed by atoms with E-state index in [2.05, 4.69) is 43.5 Å². The number of hydrogen-bond donors (Lipinski definition) is 9. The van der Waals surface area contributed by atoms with Crippen LogP contribution in [0.2, 0.25) is 0 Å². The van der Waals surface area contributed by atoms with Crippen molar-refractivity contribution in [1.82, 2.24) is 5.32 Å². The molecule has 0 aromatic carbocycles. The molecule has 1 fully saturated rings. The minimum Gasteiger partial charge on any atom is -0.393 e. The van der Waals surface area contributed by atoms with Crippen LogP contribution in [-0.2, 0) is 18.4 Å². The lowest BCUT2D eigenvalue weighted by atomic mass is 9.85. The number of nitrogens with one attached hydrogen (secondary N) is 1. The van der Waals surface area contributed by atoms with Gasteiger partial charge >= 0.3 is 7.82 Å². The van der Waals surface area contributed by atoms with Crippen LogP contribution >= 0.6 is 7.82 Å². The van der Waals surface area contributed by atoms with E-state index in [-0.39, 0.29) is 6.42 Å². The quantitative estimate of drug-likeness (QED) is 0.0158. The number of amides is 1. The molecule has 0 aromatic heterocycles. The Hall–Kier alpha value is -1.48. The number of aliphatic hydroxyl groups excluding tert-OH is 7. The van der Waals surface area contributed by atoms with Crippen molar-refractivity contribution in [2.45, 2.75) is 300 Å². The van der Waals surface area contributed by atoms with Gasteiger partial charge in [0.15, 0.2) is 0 Å². The predicted molar refractivity (Wildman–Crippen MR) is 280 cm³/mol. The summed E-state index contributed by atoms with van der Waals surface area (Å²) >= 11 is 0. The Labute approximate surface area is 419 Å². The van der Waals surface area contributed by atoms with Gasteiger partial charge in [-0.2, -0.15) is 0 Å². The Kier molecular flexibility index (Phi) is 41.8. The molecule has 1 amide bonds. The summed E-state index contributed by atoms with van der Waals surface area (Å²) in [7, 11) is -5.15. The Morgan fingerprint density at radius 2 is 0.884 bits per heavy atom. The molecule has 0 bridgehead atoms. The van der Waals surface area contributed by atoms with Gasteiger partial charge in [-0.15, -0.1) is 0 Å². The highest BCUT2D eigenvalue weighted by Crippen LogP contribution is 2.47. The molecule has 8 atom stereocenters. The van der Waals surface area contributed by atoms with Crippen LogP contribution < -0.4 is 5.32 Å². The maximum Gasteiger partial charge on any atom is 0.472 e. The molecule has 1 rings (SSSR count). The van der Waals surface area contributed by atoms with Gasteiger partial charge in [-0.05, 0) is 51.4 Å². The average Bonchev–Trinajstić information content (AvgIpc) is 3.32. The van der Waals surface area contributed by atoms with E-state index in [4.69, 9.17) is 9.05 Å². The molecule has 0 saturated heterocycles. The van der Waals surface area contributed by atoms with Crippen LogP contribution in [0.15, 0.2) is 36.5 Å². The van der Waals surface area contributed by atoms with Crippen molar-refractivity contribution in [2.75, 3.05) is 6.61 Å². The molecule has 8 unspecified atom stereocenters. The van der Waals surface area contributed by atoms with Crippen molar-refractivity contribution in [2.24, 2.45) is 0 Å². The zero-order chi connectivity index (χ0) is 50.8. The smallest absolute Gasteiger partial charge is 0.393 e. The summed E-state index contributed by atoms with van der Waals surface area (Å²) in [6.07, 6.45) is 39.3. The van der Waals surface area contributed by atoms with E-state index in [1.54, 1.807) is 6.08 Å². The van der Waals surface area contributed by atoms with Crippen molar-refractivity contribution in [3.05, 3.63) is 36.5 Å². The number of phosphoric acid groups is 1. The van der Waals surface area contributed by atoms with Gasteiger partial charge in [-0.25, -0.2) is 4.57 Å². The second kappa shape index (κ2) is 44.0. The van der Waals surface area contributed by atoms with Crippen molar-refractivity contribution in [3.63, 3.8) is 0 Å². The molecule has 406 valence electrons. The fraction of sp³-hybridized carbons (Fsp3) is 0.873. The maximum absolute atomic E-state index is 13.1. The first-order valence-electron chi connectivity index (χ1n) is 28.0. The van der Waals surface area contributed by atoms with Gasteiger partial charge < -0.3 is 46.0 Å². The van der Waals surface area contributed by atoms with Crippen LogP contribution in [0.25, 0.3) is 0 Å². The molecule has 0 aliphatic heterocycles. The Morgan fingerprint density at radius 1 is 0.522 bits per heavy atom. The summed E-state index contributed by atoms with van der Waals surface area (Å²) < 4.78 is 23.0. The number of unbranched alkanes of at least 4 members (excludes halogenated alkanes) is 30. The standard InChI is InChI=1S/C55H104NO12P/c1-3-5-7-9-11-13-15-17-19-21-23-24-25-26-28-30-32-34-36-38-40-42-46(57)44-49(59)56-47(45-67-69(65,66)68-55-53(63)51(61)50(60)52(62)54(55)64)48(58)43-41-39-37-35-33-31-29-27-22-20-18-16-14-12-10-8-6-4-2/h23-24,26,28,41,43,46-48,50-55,57-58,60-64H,3-22,25,27,29-40,42,44-45H2,1-2H3,(H,56,59)(H,65,66)/b24-23-,28-26-,43-41+. The van der Waals surface area contributed by atoms with Gasteiger partial charge in [0, 0.05) is 0 Å². The highest BCUT2D eigenvalue weighted by molar-refractivity contribution is 7.47. The molecule has 0 heterocycles. The van der Waals surface area contributed by atoms with Crippen LogP contribution in [0.4, 0.5) is 0 Å². The molecule has 0 spiro atoms. The van der Waals surface area contributed by atoms with Crippen LogP contribution in [0, 0.1) is 0 Å². The molecular formula is C55H104NO12P. The number of carbonyl (C=O) groups is 1. The molecular weight excluding hydrogens is 898 g/mol. The van der Waals surface area contributed by atoms with Crippen molar-refractivity contribution < 1.29 is 59.0 Å². The molecule has 13 nitrogen and oxygen atoms in total. The number of carbonyl (C=O) groups excluding carboxylic acids is 1. The summed E-state index contributed by atoms with van der Waals surface area (Å²) in [5, 5.41) is 74.8. The molecule has 9 N–H and O–H groups in total. The first-order chi connectivity index (χ1) is 33.3. The van der Waals surface area contributed by atoms with E-state index < -0.39 is 75.2 Å². The zero-order valence-corrected chi connectivity index (χ0v) is 44.4. The molecule has 69 heavy (non-hydrogen) atoms. The third-order valence-corrected chi connectivity index (χ3v) is 14.5. The summed E-state index contributed by atoms with van der Waals surface area (Å²) in [4.78, 5) is 23.6. The fourth-order valence-corrected chi connectivity index (χ4v) is 9.89. The summed E-state index contributed by atoms with van der Waals surface area (Å²) in [5.41, 5.74) is 0. The molecule has 0 radical (unpaired) electrons. The first kappa shape index (κ1) is 65.5. The van der Waals surface area contributed by atoms with Gasteiger partial charge in [-0.1, -0.05) is 224 Å². The predicted octanol–water partition coefficient (Wildman–Crippen LogP) is 11.3. The molecule has 1 aliphatic rings. The normalized spacial score (nSPS) is 22.2. The van der Waals surface area contributed by atoms with E-state index in [0.717, 1.165) is 64.2 Å². The summed E-state index contributed by atoms with van der Waals surface area (Å²) in [5.74, 6) is -0.599. The van der Waals surface area contributed by atoms with Crippen molar-refractivity contribution >= 4 is 13.7 Å². The van der Waals surface area contributed by atoms with E-state index in [1.807, 2.05) is 0 Å². The highest BCUT2D eigenvalue weighted by atomic mass is 31.2. The fourth-order valence-electron chi connectivity index (χ4n) is 8.92. The Balaban J connectivity index is 2.45. The van der Waals surface area contributed by atoms with Gasteiger partial charge in [0.05, 0.1) is 31.3 Å². The highest BCUT2D eigenvalue weighted by Gasteiger charge is 2.51. The molecule has 14 heteroatoms. The summed E-state index contributed by atoms with van der Waals surface area (Å²) in [6.45, 7) is 3.77. The molecule has 1 saturated carbocycles. The SMILES string of the molecule is CCCCCCCCCCC/C=C\C/C=C\CCCCCCCC(O)CC(=O)NC(COP(=O)(O)OC1C(O)C(O)C(O)C(O)C1O)C(O)/C=C/CCCCCCCCCCCCCCCCCC. The van der Waals surface area contributed by atoms with Gasteiger partial charge in [0.25, 0.3) is 0 Å². The zero-order valence-electron chi connectivity index (χ0n) is 43.5. The first-order valence-corrected chi connectivity index (χ1v) is 29.5. The number of allylic oxidation sites excluding steroid dienone is 5. The van der Waals surface area contributed by atoms with E-state index in [9.17, 15) is 50.0 Å². The number of hydrogen-bond acceptors (Lipinski definition) is 11. The van der Waals surface area contributed by atoms with E-state index in [0.29, 0.717) is 12.8 Å².